The summed E-state index contributed by atoms with van der Waals surface area (Å²) in [5.74, 6) is -0.336. The number of aromatic hydroxyl groups is 1. The highest BCUT2D eigenvalue weighted by atomic mass is 16.3. The van der Waals surface area contributed by atoms with E-state index in [1.165, 1.54) is 23.3 Å². The van der Waals surface area contributed by atoms with Gasteiger partial charge in [-0.2, -0.15) is 14.9 Å². The molecule has 0 aliphatic heterocycles. The highest BCUT2D eigenvalue weighted by Gasteiger charge is 2.21. The van der Waals surface area contributed by atoms with E-state index in [1.807, 2.05) is 0 Å². The van der Waals surface area contributed by atoms with Crippen molar-refractivity contribution in [1.29, 1.82) is 0 Å². The highest BCUT2D eigenvalue weighted by Crippen LogP contribution is 2.39. The van der Waals surface area contributed by atoms with E-state index >= 15 is 0 Å². The monoisotopic (exact) mass is 464 g/mol. The Bertz CT molecular complexity index is 1630. The maximum Gasteiger partial charge on any atom is 0.261 e. The molecule has 0 atom stereocenters. The maximum atomic E-state index is 13.1. The Balaban J connectivity index is 1.60. The van der Waals surface area contributed by atoms with Crippen LogP contribution in [-0.4, -0.2) is 41.0 Å². The molecule has 5 rings (SSSR count). The van der Waals surface area contributed by atoms with Gasteiger partial charge in [-0.05, 0) is 29.8 Å². The summed E-state index contributed by atoms with van der Waals surface area (Å²) < 4.78 is 1.27. The number of hydrogen-bond donors (Lipinski definition) is 3. The van der Waals surface area contributed by atoms with E-state index in [0.717, 1.165) is 5.69 Å². The van der Waals surface area contributed by atoms with E-state index in [0.29, 0.717) is 16.6 Å². The number of carbonyl (C=O) groups is 1. The zero-order chi connectivity index (χ0) is 24.4. The Hall–Kier alpha value is -5.44. The third-order valence-corrected chi connectivity index (χ3v) is 5.02. The van der Waals surface area contributed by atoms with Crippen molar-refractivity contribution in [1.82, 2.24) is 29.9 Å². The van der Waals surface area contributed by atoms with Gasteiger partial charge in [0, 0.05) is 24.2 Å². The smallest absolute Gasteiger partial charge is 0.261 e. The first-order valence-electron chi connectivity index (χ1n) is 10.3. The van der Waals surface area contributed by atoms with E-state index in [2.05, 4.69) is 45.7 Å². The normalized spacial score (nSPS) is 11.1. The molecule has 0 aliphatic carbocycles. The molecule has 0 saturated carbocycles. The molecule has 1 amide bonds. The molecule has 0 unspecified atom stereocenters. The second kappa shape index (κ2) is 8.83. The summed E-state index contributed by atoms with van der Waals surface area (Å²) in [4.78, 5) is 24.8. The first-order valence-corrected chi connectivity index (χ1v) is 10.3. The molecule has 2 aromatic carbocycles. The van der Waals surface area contributed by atoms with Gasteiger partial charge in [-0.25, -0.2) is 14.8 Å². The number of fused-ring (bicyclic) bond motifs is 1. The van der Waals surface area contributed by atoms with Gasteiger partial charge in [-0.3, -0.25) is 9.89 Å². The molecule has 3 N–H and O–H groups in total. The molecule has 0 spiro atoms. The van der Waals surface area contributed by atoms with Gasteiger partial charge in [0.1, 0.15) is 5.69 Å². The number of nitrogens with zero attached hydrogens (tertiary/aromatic N) is 8. The molecule has 0 bridgehead atoms. The fraction of sp³-hybridized carbons (Fsp3) is 0.0435. The third kappa shape index (κ3) is 4.05. The number of nitrogens with one attached hydrogen (secondary N) is 2. The van der Waals surface area contributed by atoms with Gasteiger partial charge >= 0.3 is 0 Å². The fourth-order valence-electron chi connectivity index (χ4n) is 3.44. The van der Waals surface area contributed by atoms with E-state index < -0.39 is 5.91 Å². The summed E-state index contributed by atoms with van der Waals surface area (Å²) in [6.45, 7) is 9.22. The average Bonchev–Trinajstić information content (AvgIpc) is 3.48. The number of phenolic OH excluding ortho intramolecular Hbond substituents is 1. The maximum absolute atomic E-state index is 13.1. The number of benzene rings is 2. The molecule has 0 fully saturated rings. The lowest BCUT2D eigenvalue weighted by molar-refractivity contribution is 0.102. The van der Waals surface area contributed by atoms with Gasteiger partial charge in [0.05, 0.1) is 18.3 Å². The summed E-state index contributed by atoms with van der Waals surface area (Å²) in [5, 5.41) is 34.1. The number of amides is 1. The van der Waals surface area contributed by atoms with Gasteiger partial charge < -0.3 is 10.4 Å². The lowest BCUT2D eigenvalue weighted by atomic mass is 10.0. The molecule has 12 nitrogen and oxygen atoms in total. The number of aromatic nitrogens is 6. The number of anilines is 1. The number of rotatable bonds is 5. The SMILES string of the molecule is [C-]#[N+]c1cnn(-c2ncccn2)c1N=Nc1cc2ccccc2c(C(=O)Nc2cc(C)[nH]n2)c1O. The van der Waals surface area contributed by atoms with E-state index in [9.17, 15) is 9.90 Å². The number of hydrogen-bond acceptors (Lipinski definition) is 8. The number of azo groups is 1. The van der Waals surface area contributed by atoms with Crippen LogP contribution < -0.4 is 5.32 Å². The molecule has 0 radical (unpaired) electrons. The van der Waals surface area contributed by atoms with Crippen LogP contribution in [0.2, 0.25) is 0 Å². The van der Waals surface area contributed by atoms with Crippen LogP contribution in [0.15, 0.2) is 71.3 Å². The van der Waals surface area contributed by atoms with Crippen LogP contribution in [0.4, 0.5) is 23.0 Å². The quantitative estimate of drug-likeness (QED) is 0.252. The number of aromatic amines is 1. The van der Waals surface area contributed by atoms with Crippen LogP contribution in [-0.2, 0) is 0 Å². The van der Waals surface area contributed by atoms with E-state index in [4.69, 9.17) is 6.57 Å². The Morgan fingerprint density at radius 3 is 2.71 bits per heavy atom. The van der Waals surface area contributed by atoms with Crippen molar-refractivity contribution < 1.29 is 9.90 Å². The zero-order valence-electron chi connectivity index (χ0n) is 18.2. The summed E-state index contributed by atoms with van der Waals surface area (Å²) in [5.41, 5.74) is 0.938. The minimum atomic E-state index is -0.563. The van der Waals surface area contributed by atoms with Crippen LogP contribution in [0.3, 0.4) is 0 Å². The van der Waals surface area contributed by atoms with Crippen molar-refractivity contribution in [2.45, 2.75) is 6.92 Å². The van der Waals surface area contributed by atoms with Crippen molar-refractivity contribution in [2.75, 3.05) is 5.32 Å². The van der Waals surface area contributed by atoms with Gasteiger partial charge in [0.2, 0.25) is 0 Å². The van der Waals surface area contributed by atoms with Gasteiger partial charge in [0.15, 0.2) is 17.4 Å². The largest absolute Gasteiger partial charge is 0.505 e. The minimum Gasteiger partial charge on any atom is -0.505 e. The lowest BCUT2D eigenvalue weighted by Crippen LogP contribution is -2.13. The number of H-pyrrole nitrogens is 1. The van der Waals surface area contributed by atoms with Crippen LogP contribution in [0, 0.1) is 13.5 Å². The molecular formula is C23H16N10O2. The Kier molecular flexibility index (Phi) is 5.40. The van der Waals surface area contributed by atoms with Gasteiger partial charge in [-0.1, -0.05) is 24.3 Å². The zero-order valence-corrected chi connectivity index (χ0v) is 18.2. The van der Waals surface area contributed by atoms with Gasteiger partial charge in [-0.15, -0.1) is 10.2 Å². The third-order valence-electron chi connectivity index (χ3n) is 5.02. The molecule has 170 valence electrons. The van der Waals surface area contributed by atoms with Crippen molar-refractivity contribution in [3.8, 4) is 11.7 Å². The van der Waals surface area contributed by atoms with Gasteiger partial charge in [0.25, 0.3) is 17.5 Å². The minimum absolute atomic E-state index is 0.0167. The molecule has 3 heterocycles. The first kappa shape index (κ1) is 21.4. The standard InChI is InChI=1S/C23H16N10O2/c1-13-10-18(31-29-13)28-22(35)19-15-7-4-3-6-14(15)11-16(20(19)34)30-32-21-17(24-2)12-27-33(21)23-25-8-5-9-26-23/h3-12,34H,1H3,(H2,28,29,31,35). The van der Waals surface area contributed by atoms with Crippen LogP contribution in [0.1, 0.15) is 16.1 Å². The van der Waals surface area contributed by atoms with E-state index in [-0.39, 0.29) is 34.5 Å². The second-order valence-electron chi connectivity index (χ2n) is 7.36. The summed E-state index contributed by atoms with van der Waals surface area (Å²) in [6.07, 6.45) is 4.38. The van der Waals surface area contributed by atoms with E-state index in [1.54, 1.807) is 49.4 Å². The summed E-state index contributed by atoms with van der Waals surface area (Å²) in [7, 11) is 0. The van der Waals surface area contributed by atoms with Crippen molar-refractivity contribution in [3.05, 3.63) is 83.7 Å². The molecular weight excluding hydrogens is 448 g/mol. The fourth-order valence-corrected chi connectivity index (χ4v) is 3.44. The molecule has 35 heavy (non-hydrogen) atoms. The summed E-state index contributed by atoms with van der Waals surface area (Å²) >= 11 is 0. The summed E-state index contributed by atoms with van der Waals surface area (Å²) in [6, 6.07) is 12.0. The molecule has 0 aliphatic rings. The van der Waals surface area contributed by atoms with Crippen molar-refractivity contribution in [3.63, 3.8) is 0 Å². The average molecular weight is 464 g/mol. The highest BCUT2D eigenvalue weighted by molar-refractivity contribution is 6.16. The molecule has 5 aromatic rings. The van der Waals surface area contributed by atoms with Crippen molar-refractivity contribution in [2.24, 2.45) is 10.2 Å². The number of carbonyl (C=O) groups excluding carboxylic acids is 1. The van der Waals surface area contributed by atoms with Crippen LogP contribution in [0.5, 0.6) is 5.75 Å². The second-order valence-corrected chi connectivity index (χ2v) is 7.36. The topological polar surface area (TPSA) is 151 Å². The molecule has 0 saturated heterocycles. The molecule has 12 heteroatoms. The Labute approximate surface area is 197 Å². The van der Waals surface area contributed by atoms with Crippen LogP contribution >= 0.6 is 0 Å². The Morgan fingerprint density at radius 1 is 1.17 bits per heavy atom. The lowest BCUT2D eigenvalue weighted by Gasteiger charge is -2.11. The van der Waals surface area contributed by atoms with Crippen molar-refractivity contribution >= 4 is 39.7 Å². The predicted molar refractivity (Wildman–Crippen MR) is 126 cm³/mol. The number of phenols is 1. The predicted octanol–water partition coefficient (Wildman–Crippen LogP) is 4.77. The number of aryl methyl sites for hydroxylation is 1. The Morgan fingerprint density at radius 2 is 1.97 bits per heavy atom. The van der Waals surface area contributed by atoms with Crippen LogP contribution in [0.25, 0.3) is 21.6 Å². The molecule has 3 aromatic heterocycles. The first-order chi connectivity index (χ1) is 17.0.